The zero-order valence-corrected chi connectivity index (χ0v) is 17.9. The second kappa shape index (κ2) is 11.4. The average molecular weight is 479 g/mol. The lowest BCUT2D eigenvalue weighted by Gasteiger charge is -2.25. The monoisotopic (exact) mass is 479 g/mol. The number of thiazole rings is 1. The number of piperidine rings is 1. The Balaban J connectivity index is 0.00000312. The lowest BCUT2D eigenvalue weighted by molar-refractivity contribution is -0.147. The summed E-state index contributed by atoms with van der Waals surface area (Å²) in [7, 11) is 0. The van der Waals surface area contributed by atoms with Crippen molar-refractivity contribution in [2.75, 3.05) is 26.2 Å². The summed E-state index contributed by atoms with van der Waals surface area (Å²) >= 11 is 1.69. The van der Waals surface area contributed by atoms with Crippen LogP contribution in [0.25, 0.3) is 0 Å². The second-order valence-corrected chi connectivity index (χ2v) is 6.91. The summed E-state index contributed by atoms with van der Waals surface area (Å²) in [5.41, 5.74) is 0. The van der Waals surface area contributed by atoms with Crippen molar-refractivity contribution in [1.29, 1.82) is 0 Å². The maximum absolute atomic E-state index is 11.8. The van der Waals surface area contributed by atoms with Crippen molar-refractivity contribution in [2.24, 2.45) is 4.99 Å². The van der Waals surface area contributed by atoms with Crippen molar-refractivity contribution in [3.05, 3.63) is 16.1 Å². The molecule has 1 aliphatic heterocycles. The summed E-state index contributed by atoms with van der Waals surface area (Å²) in [6.07, 6.45) is 4.28. The standard InChI is InChI=1S/C16H25N5O2S.HI/c1-3-17-16(18-8-7-13-20-11-12(2)24-13)19-9-10-21-14(22)5-4-6-15(21)23;/h11H,3-10H2,1-2H3,(H2,17,18,19);1H. The van der Waals surface area contributed by atoms with Crippen LogP contribution in [0.2, 0.25) is 0 Å². The van der Waals surface area contributed by atoms with Gasteiger partial charge in [-0.25, -0.2) is 4.98 Å². The maximum Gasteiger partial charge on any atom is 0.229 e. The largest absolute Gasteiger partial charge is 0.357 e. The van der Waals surface area contributed by atoms with Crippen LogP contribution >= 0.6 is 35.3 Å². The molecule has 0 radical (unpaired) electrons. The van der Waals surface area contributed by atoms with Gasteiger partial charge >= 0.3 is 0 Å². The fourth-order valence-corrected chi connectivity index (χ4v) is 3.23. The molecular formula is C16H26IN5O2S. The number of hydrogen-bond acceptors (Lipinski definition) is 5. The van der Waals surface area contributed by atoms with Gasteiger partial charge in [-0.1, -0.05) is 0 Å². The SMILES string of the molecule is CCNC(=NCCc1ncc(C)s1)NCCN1C(=O)CCCC1=O.I. The molecule has 1 fully saturated rings. The predicted molar refractivity (Wildman–Crippen MR) is 111 cm³/mol. The quantitative estimate of drug-likeness (QED) is 0.269. The number of hydrogen-bond donors (Lipinski definition) is 2. The van der Waals surface area contributed by atoms with Gasteiger partial charge < -0.3 is 10.6 Å². The van der Waals surface area contributed by atoms with Gasteiger partial charge in [0.05, 0.1) is 5.01 Å². The van der Waals surface area contributed by atoms with E-state index in [-0.39, 0.29) is 35.8 Å². The number of likely N-dealkylation sites (tertiary alicyclic amines) is 1. The normalized spacial score (nSPS) is 15.1. The van der Waals surface area contributed by atoms with Gasteiger partial charge in [0, 0.05) is 56.5 Å². The zero-order valence-electron chi connectivity index (χ0n) is 14.7. The number of guanidine groups is 1. The predicted octanol–water partition coefficient (Wildman–Crippen LogP) is 1.71. The Morgan fingerprint density at radius 3 is 2.64 bits per heavy atom. The molecule has 0 aliphatic carbocycles. The van der Waals surface area contributed by atoms with E-state index >= 15 is 0 Å². The van der Waals surface area contributed by atoms with Gasteiger partial charge in [-0.2, -0.15) is 0 Å². The Hall–Kier alpha value is -1.23. The zero-order chi connectivity index (χ0) is 17.4. The summed E-state index contributed by atoms with van der Waals surface area (Å²) in [4.78, 5) is 34.9. The molecular weight excluding hydrogens is 453 g/mol. The lowest BCUT2D eigenvalue weighted by atomic mass is 10.1. The topological polar surface area (TPSA) is 86.7 Å². The Morgan fingerprint density at radius 1 is 1.32 bits per heavy atom. The molecule has 1 aromatic heterocycles. The Bertz CT molecular complexity index is 589. The maximum atomic E-state index is 11.8. The highest BCUT2D eigenvalue weighted by molar-refractivity contribution is 14.0. The van der Waals surface area contributed by atoms with Crippen LogP contribution in [0.15, 0.2) is 11.2 Å². The number of carbonyl (C=O) groups is 2. The third-order valence-electron chi connectivity index (χ3n) is 3.62. The number of nitrogens with one attached hydrogen (secondary N) is 2. The number of amides is 2. The number of rotatable bonds is 7. The van der Waals surface area contributed by atoms with Crippen molar-refractivity contribution in [1.82, 2.24) is 20.5 Å². The first kappa shape index (κ1) is 21.8. The van der Waals surface area contributed by atoms with Gasteiger partial charge in [-0.05, 0) is 20.3 Å². The summed E-state index contributed by atoms with van der Waals surface area (Å²) < 4.78 is 0. The minimum atomic E-state index is -0.0749. The van der Waals surface area contributed by atoms with Crippen LogP contribution in [0.4, 0.5) is 0 Å². The van der Waals surface area contributed by atoms with Gasteiger partial charge in [0.1, 0.15) is 0 Å². The third kappa shape index (κ3) is 7.27. The molecule has 0 saturated carbocycles. The fourth-order valence-electron chi connectivity index (χ4n) is 2.46. The second-order valence-electron chi connectivity index (χ2n) is 5.59. The van der Waals surface area contributed by atoms with Crippen LogP contribution in [0.1, 0.15) is 36.1 Å². The molecule has 140 valence electrons. The number of aryl methyl sites for hydroxylation is 1. The molecule has 1 saturated heterocycles. The average Bonchev–Trinajstić information content (AvgIpc) is 2.95. The first-order valence-corrected chi connectivity index (χ1v) is 9.18. The number of aromatic nitrogens is 1. The molecule has 2 heterocycles. The molecule has 2 N–H and O–H groups in total. The Kier molecular flexibility index (Phi) is 9.94. The van der Waals surface area contributed by atoms with Gasteiger partial charge in [-0.15, -0.1) is 35.3 Å². The van der Waals surface area contributed by atoms with E-state index in [1.54, 1.807) is 11.3 Å². The highest BCUT2D eigenvalue weighted by Crippen LogP contribution is 2.12. The van der Waals surface area contributed by atoms with E-state index in [0.717, 1.165) is 18.0 Å². The molecule has 1 aliphatic rings. The fraction of sp³-hybridized carbons (Fsp3) is 0.625. The van der Waals surface area contributed by atoms with Crippen molar-refractivity contribution < 1.29 is 9.59 Å². The minimum absolute atomic E-state index is 0. The van der Waals surface area contributed by atoms with Gasteiger partial charge in [0.2, 0.25) is 11.8 Å². The molecule has 9 heteroatoms. The molecule has 0 unspecified atom stereocenters. The van der Waals surface area contributed by atoms with E-state index in [4.69, 9.17) is 0 Å². The summed E-state index contributed by atoms with van der Waals surface area (Å²) in [5, 5.41) is 7.42. The van der Waals surface area contributed by atoms with Gasteiger partial charge in [0.15, 0.2) is 5.96 Å². The van der Waals surface area contributed by atoms with Crippen molar-refractivity contribution in [3.63, 3.8) is 0 Å². The first-order chi connectivity index (χ1) is 11.6. The van der Waals surface area contributed by atoms with Crippen molar-refractivity contribution >= 4 is 53.1 Å². The molecule has 2 amide bonds. The number of nitrogens with zero attached hydrogens (tertiary/aromatic N) is 3. The van der Waals surface area contributed by atoms with Crippen LogP contribution in [0, 0.1) is 6.92 Å². The molecule has 2 rings (SSSR count). The molecule has 7 nitrogen and oxygen atoms in total. The van der Waals surface area contributed by atoms with E-state index in [1.165, 1.54) is 9.78 Å². The molecule has 0 atom stereocenters. The van der Waals surface area contributed by atoms with Gasteiger partial charge in [-0.3, -0.25) is 19.5 Å². The number of halogens is 1. The smallest absolute Gasteiger partial charge is 0.229 e. The molecule has 0 bridgehead atoms. The molecule has 25 heavy (non-hydrogen) atoms. The van der Waals surface area contributed by atoms with E-state index in [0.29, 0.717) is 44.9 Å². The van der Waals surface area contributed by atoms with E-state index in [1.807, 2.05) is 20.0 Å². The molecule has 0 spiro atoms. The highest BCUT2D eigenvalue weighted by Gasteiger charge is 2.25. The Labute approximate surface area is 169 Å². The first-order valence-electron chi connectivity index (χ1n) is 8.37. The lowest BCUT2D eigenvalue weighted by Crippen LogP contribution is -2.46. The summed E-state index contributed by atoms with van der Waals surface area (Å²) in [5.74, 6) is 0.547. The van der Waals surface area contributed by atoms with Crippen molar-refractivity contribution in [2.45, 2.75) is 39.5 Å². The summed E-state index contributed by atoms with van der Waals surface area (Å²) in [6.45, 7) is 6.32. The summed E-state index contributed by atoms with van der Waals surface area (Å²) in [6, 6.07) is 0. The van der Waals surface area contributed by atoms with Crippen LogP contribution in [-0.4, -0.2) is 53.8 Å². The molecule has 0 aromatic carbocycles. The van der Waals surface area contributed by atoms with Crippen LogP contribution in [0.5, 0.6) is 0 Å². The van der Waals surface area contributed by atoms with E-state index in [9.17, 15) is 9.59 Å². The van der Waals surface area contributed by atoms with E-state index < -0.39 is 0 Å². The van der Waals surface area contributed by atoms with Crippen LogP contribution in [-0.2, 0) is 16.0 Å². The van der Waals surface area contributed by atoms with Gasteiger partial charge in [0.25, 0.3) is 0 Å². The third-order valence-corrected chi connectivity index (χ3v) is 4.59. The van der Waals surface area contributed by atoms with Crippen LogP contribution in [0.3, 0.4) is 0 Å². The number of aliphatic imine (C=N–C) groups is 1. The van der Waals surface area contributed by atoms with E-state index in [2.05, 4.69) is 20.6 Å². The minimum Gasteiger partial charge on any atom is -0.357 e. The number of carbonyl (C=O) groups excluding carboxylic acids is 2. The molecule has 1 aromatic rings. The van der Waals surface area contributed by atoms with Crippen molar-refractivity contribution in [3.8, 4) is 0 Å². The highest BCUT2D eigenvalue weighted by atomic mass is 127. The van der Waals surface area contributed by atoms with Crippen LogP contribution < -0.4 is 10.6 Å². The number of imide groups is 1. The Morgan fingerprint density at radius 2 is 2.04 bits per heavy atom.